The van der Waals surface area contributed by atoms with E-state index in [1.165, 1.54) is 20.5 Å². The molecule has 2 fully saturated rings. The summed E-state index contributed by atoms with van der Waals surface area (Å²) in [5.74, 6) is -0.620. The Morgan fingerprint density at radius 1 is 1.06 bits per heavy atom. The zero-order valence-corrected chi connectivity index (χ0v) is 17.5. The average Bonchev–Trinajstić information content (AvgIpc) is 3.42. The highest BCUT2D eigenvalue weighted by Gasteiger charge is 2.32. The predicted octanol–water partition coefficient (Wildman–Crippen LogP) is 3.37. The Hall–Kier alpha value is -3.49. The lowest BCUT2D eigenvalue weighted by Crippen LogP contribution is -2.52. The Labute approximate surface area is 183 Å². The van der Waals surface area contributed by atoms with Gasteiger partial charge in [0.25, 0.3) is 0 Å². The SMILES string of the molecule is O=C(CN1CCCN(c2cccc3c2cnn3-c2ccccc2F)C1=O)N1CC[C@H](F)C1. The van der Waals surface area contributed by atoms with E-state index in [2.05, 4.69) is 5.10 Å². The van der Waals surface area contributed by atoms with Gasteiger partial charge in [-0.3, -0.25) is 9.69 Å². The number of hydrogen-bond donors (Lipinski definition) is 0. The average molecular weight is 439 g/mol. The molecule has 2 aromatic carbocycles. The van der Waals surface area contributed by atoms with Crippen molar-refractivity contribution in [2.75, 3.05) is 37.6 Å². The number of halogens is 2. The van der Waals surface area contributed by atoms with Gasteiger partial charge in [-0.05, 0) is 37.1 Å². The van der Waals surface area contributed by atoms with Crippen LogP contribution in [0, 0.1) is 5.82 Å². The van der Waals surface area contributed by atoms with Crippen LogP contribution in [0.1, 0.15) is 12.8 Å². The van der Waals surface area contributed by atoms with Gasteiger partial charge >= 0.3 is 6.03 Å². The molecule has 3 aromatic rings. The van der Waals surface area contributed by atoms with E-state index in [4.69, 9.17) is 0 Å². The van der Waals surface area contributed by atoms with Crippen molar-refractivity contribution in [3.63, 3.8) is 0 Å². The molecule has 0 N–H and O–H groups in total. The van der Waals surface area contributed by atoms with Crippen molar-refractivity contribution >= 4 is 28.5 Å². The summed E-state index contributed by atoms with van der Waals surface area (Å²) in [6, 6.07) is 11.6. The number of carbonyl (C=O) groups excluding carboxylic acids is 2. The van der Waals surface area contributed by atoms with Crippen LogP contribution in [-0.4, -0.2) is 70.4 Å². The first-order chi connectivity index (χ1) is 15.5. The fourth-order valence-corrected chi connectivity index (χ4v) is 4.45. The lowest BCUT2D eigenvalue weighted by atomic mass is 10.1. The summed E-state index contributed by atoms with van der Waals surface area (Å²) in [6.45, 7) is 1.40. The minimum absolute atomic E-state index is 0.0630. The molecule has 5 rings (SSSR count). The van der Waals surface area contributed by atoms with Crippen LogP contribution in [-0.2, 0) is 4.79 Å². The van der Waals surface area contributed by atoms with Crippen molar-refractivity contribution in [2.45, 2.75) is 19.0 Å². The third-order valence-electron chi connectivity index (χ3n) is 6.08. The number of para-hydroxylation sites is 1. The highest BCUT2D eigenvalue weighted by Crippen LogP contribution is 2.31. The van der Waals surface area contributed by atoms with Crippen LogP contribution in [0.5, 0.6) is 0 Å². The number of hydrogen-bond acceptors (Lipinski definition) is 3. The van der Waals surface area contributed by atoms with E-state index < -0.39 is 6.17 Å². The Morgan fingerprint density at radius 3 is 2.66 bits per heavy atom. The van der Waals surface area contributed by atoms with Crippen LogP contribution in [0.25, 0.3) is 16.6 Å². The zero-order chi connectivity index (χ0) is 22.2. The summed E-state index contributed by atoms with van der Waals surface area (Å²) in [6.07, 6.45) is 1.68. The van der Waals surface area contributed by atoms with Crippen molar-refractivity contribution in [1.29, 1.82) is 0 Å². The molecule has 0 spiro atoms. The molecule has 0 radical (unpaired) electrons. The molecule has 1 atom stereocenters. The summed E-state index contributed by atoms with van der Waals surface area (Å²) in [5, 5.41) is 5.08. The monoisotopic (exact) mass is 439 g/mol. The van der Waals surface area contributed by atoms with Gasteiger partial charge < -0.3 is 9.80 Å². The number of fused-ring (bicyclic) bond motifs is 1. The molecule has 9 heteroatoms. The van der Waals surface area contributed by atoms with Gasteiger partial charge in [-0.25, -0.2) is 18.3 Å². The van der Waals surface area contributed by atoms with Crippen molar-refractivity contribution in [2.24, 2.45) is 0 Å². The third-order valence-corrected chi connectivity index (χ3v) is 6.08. The molecule has 2 aliphatic heterocycles. The number of likely N-dealkylation sites (tertiary alicyclic amines) is 1. The Morgan fingerprint density at radius 2 is 1.88 bits per heavy atom. The summed E-state index contributed by atoms with van der Waals surface area (Å²) in [4.78, 5) is 30.4. The fourth-order valence-electron chi connectivity index (χ4n) is 4.45. The van der Waals surface area contributed by atoms with E-state index in [0.29, 0.717) is 49.4 Å². The smallest absolute Gasteiger partial charge is 0.324 e. The first-order valence-corrected chi connectivity index (χ1v) is 10.7. The van der Waals surface area contributed by atoms with Crippen LogP contribution in [0.3, 0.4) is 0 Å². The minimum Gasteiger partial charge on any atom is -0.338 e. The molecule has 0 saturated carbocycles. The molecule has 1 aromatic heterocycles. The molecule has 3 heterocycles. The number of anilines is 1. The second-order valence-corrected chi connectivity index (χ2v) is 8.15. The van der Waals surface area contributed by atoms with E-state index in [-0.39, 0.29) is 30.8 Å². The van der Waals surface area contributed by atoms with Crippen LogP contribution in [0.4, 0.5) is 19.3 Å². The molecule has 3 amide bonds. The number of urea groups is 1. The molecule has 0 unspecified atom stereocenters. The number of amides is 3. The topological polar surface area (TPSA) is 61.7 Å². The summed E-state index contributed by atoms with van der Waals surface area (Å²) in [5.41, 5.74) is 1.67. The van der Waals surface area contributed by atoms with Gasteiger partial charge in [0, 0.05) is 25.0 Å². The third kappa shape index (κ3) is 3.57. The molecular formula is C23H23F2N5O2. The highest BCUT2D eigenvalue weighted by atomic mass is 19.1. The van der Waals surface area contributed by atoms with Gasteiger partial charge in [0.1, 0.15) is 24.2 Å². The van der Waals surface area contributed by atoms with Crippen LogP contribution < -0.4 is 4.90 Å². The molecule has 2 saturated heterocycles. The summed E-state index contributed by atoms with van der Waals surface area (Å²) >= 11 is 0. The minimum atomic E-state index is -0.990. The number of alkyl halides is 1. The first-order valence-electron chi connectivity index (χ1n) is 10.7. The molecule has 2 aliphatic rings. The van der Waals surface area contributed by atoms with Gasteiger partial charge in [0.15, 0.2) is 0 Å². The Balaban J connectivity index is 1.42. The number of nitrogens with zero attached hydrogens (tertiary/aromatic N) is 5. The first kappa shape index (κ1) is 20.4. The Bertz CT molecular complexity index is 1180. The maximum atomic E-state index is 14.3. The number of aromatic nitrogens is 2. The van der Waals surface area contributed by atoms with Crippen molar-refractivity contribution in [3.8, 4) is 5.69 Å². The molecule has 0 bridgehead atoms. The van der Waals surface area contributed by atoms with E-state index in [0.717, 1.165) is 5.39 Å². The maximum Gasteiger partial charge on any atom is 0.324 e. The molecule has 7 nitrogen and oxygen atoms in total. The second kappa shape index (κ2) is 8.22. The van der Waals surface area contributed by atoms with E-state index in [9.17, 15) is 18.4 Å². The standard InChI is InChI=1S/C23H23F2N5O2/c24-16-9-12-27(14-16)22(31)15-28-10-4-11-29(23(28)32)19-7-3-8-20-17(19)13-26-30(20)21-6-2-1-5-18(21)25/h1-3,5-8,13,16H,4,9-12,14-15H2/t16-/m0/s1. The van der Waals surface area contributed by atoms with E-state index in [1.54, 1.807) is 35.4 Å². The van der Waals surface area contributed by atoms with Gasteiger partial charge in [-0.1, -0.05) is 18.2 Å². The largest absolute Gasteiger partial charge is 0.338 e. The highest BCUT2D eigenvalue weighted by molar-refractivity contribution is 6.03. The van der Waals surface area contributed by atoms with Crippen LogP contribution >= 0.6 is 0 Å². The van der Waals surface area contributed by atoms with Crippen molar-refractivity contribution < 1.29 is 18.4 Å². The van der Waals surface area contributed by atoms with Gasteiger partial charge in [-0.2, -0.15) is 5.10 Å². The van der Waals surface area contributed by atoms with Crippen LogP contribution in [0.15, 0.2) is 48.7 Å². The summed E-state index contributed by atoms with van der Waals surface area (Å²) in [7, 11) is 0. The lowest BCUT2D eigenvalue weighted by molar-refractivity contribution is -0.131. The van der Waals surface area contributed by atoms with Crippen LogP contribution in [0.2, 0.25) is 0 Å². The summed E-state index contributed by atoms with van der Waals surface area (Å²) < 4.78 is 29.3. The maximum absolute atomic E-state index is 14.3. The molecular weight excluding hydrogens is 416 g/mol. The molecule has 32 heavy (non-hydrogen) atoms. The van der Waals surface area contributed by atoms with E-state index in [1.807, 2.05) is 12.1 Å². The van der Waals surface area contributed by atoms with Crippen molar-refractivity contribution in [1.82, 2.24) is 19.6 Å². The normalized spacial score (nSPS) is 19.2. The number of rotatable bonds is 4. The second-order valence-electron chi connectivity index (χ2n) is 8.15. The zero-order valence-electron chi connectivity index (χ0n) is 17.5. The number of carbonyl (C=O) groups is 2. The lowest BCUT2D eigenvalue weighted by Gasteiger charge is -2.36. The Kier molecular flexibility index (Phi) is 5.24. The predicted molar refractivity (Wildman–Crippen MR) is 116 cm³/mol. The van der Waals surface area contributed by atoms with Gasteiger partial charge in [-0.15, -0.1) is 0 Å². The van der Waals surface area contributed by atoms with Crippen molar-refractivity contribution in [3.05, 3.63) is 54.5 Å². The molecule has 0 aliphatic carbocycles. The van der Waals surface area contributed by atoms with Gasteiger partial charge in [0.05, 0.1) is 23.9 Å². The fraction of sp³-hybridized carbons (Fsp3) is 0.348. The number of benzene rings is 2. The van der Waals surface area contributed by atoms with E-state index >= 15 is 0 Å². The molecule has 166 valence electrons. The van der Waals surface area contributed by atoms with Gasteiger partial charge in [0.2, 0.25) is 5.91 Å². The quantitative estimate of drug-likeness (QED) is 0.626.